The van der Waals surface area contributed by atoms with E-state index in [1.54, 1.807) is 6.41 Å². The molecule has 2 nitrogen and oxygen atoms in total. The summed E-state index contributed by atoms with van der Waals surface area (Å²) in [5.41, 5.74) is 0. The Balaban J connectivity index is 3.29. The van der Waals surface area contributed by atoms with Crippen molar-refractivity contribution in [3.05, 3.63) is 0 Å². The fraction of sp³-hybridized carbons (Fsp3) is 0.875. The Labute approximate surface area is 63.0 Å². The van der Waals surface area contributed by atoms with Gasteiger partial charge in [0.05, 0.1) is 0 Å². The van der Waals surface area contributed by atoms with Crippen molar-refractivity contribution in [2.24, 2.45) is 0 Å². The molecule has 10 heavy (non-hydrogen) atoms. The first kappa shape index (κ1) is 9.47. The van der Waals surface area contributed by atoms with E-state index in [4.69, 9.17) is 0 Å². The van der Waals surface area contributed by atoms with E-state index < -0.39 is 0 Å². The summed E-state index contributed by atoms with van der Waals surface area (Å²) in [5.74, 6) is 0. The molecular formula is C8H16NO. The molecule has 0 saturated heterocycles. The third-order valence-electron chi connectivity index (χ3n) is 1.66. The van der Waals surface area contributed by atoms with Gasteiger partial charge in [0.25, 0.3) is 0 Å². The Morgan fingerprint density at radius 2 is 2.20 bits per heavy atom. The van der Waals surface area contributed by atoms with Gasteiger partial charge in [0.2, 0.25) is 0 Å². The first-order valence-electron chi connectivity index (χ1n) is 3.97. The molecule has 0 rings (SSSR count). The molecule has 2 heteroatoms. The van der Waals surface area contributed by atoms with Crippen LogP contribution in [0, 0.1) is 0 Å². The number of unbranched alkanes of at least 4 members (excludes halogenated alkanes) is 1. The van der Waals surface area contributed by atoms with Gasteiger partial charge in [-0.15, -0.1) is 0 Å². The number of carbonyl (C=O) groups excluding carboxylic acids is 1. The Bertz CT molecular complexity index is 83.3. The molecule has 0 aromatic carbocycles. The maximum Gasteiger partial charge on any atom is 0.309 e. The largest absolute Gasteiger partial charge is 0.345 e. The monoisotopic (exact) mass is 142 g/mol. The van der Waals surface area contributed by atoms with E-state index in [1.165, 1.54) is 12.8 Å². The van der Waals surface area contributed by atoms with E-state index in [2.05, 4.69) is 19.2 Å². The summed E-state index contributed by atoms with van der Waals surface area (Å²) in [6, 6.07) is 0.345. The van der Waals surface area contributed by atoms with Crippen LogP contribution in [0.5, 0.6) is 0 Å². The molecule has 0 fully saturated rings. The van der Waals surface area contributed by atoms with Crippen LogP contribution in [0.3, 0.4) is 0 Å². The van der Waals surface area contributed by atoms with Crippen LogP contribution in [-0.2, 0) is 4.79 Å². The van der Waals surface area contributed by atoms with Crippen molar-refractivity contribution in [2.75, 3.05) is 0 Å². The molecule has 59 valence electrons. The van der Waals surface area contributed by atoms with Crippen molar-refractivity contribution in [2.45, 2.75) is 45.6 Å². The van der Waals surface area contributed by atoms with Crippen molar-refractivity contribution >= 4 is 6.41 Å². The van der Waals surface area contributed by atoms with Gasteiger partial charge >= 0.3 is 6.41 Å². The smallest absolute Gasteiger partial charge is 0.309 e. The van der Waals surface area contributed by atoms with Crippen LogP contribution in [0.15, 0.2) is 0 Å². The summed E-state index contributed by atoms with van der Waals surface area (Å²) in [5, 5.41) is 2.66. The van der Waals surface area contributed by atoms with Gasteiger partial charge in [-0.25, -0.2) is 0 Å². The molecule has 0 aromatic rings. The van der Waals surface area contributed by atoms with Crippen molar-refractivity contribution < 1.29 is 4.79 Å². The number of hydrogen-bond donors (Lipinski definition) is 1. The molecule has 0 aromatic heterocycles. The van der Waals surface area contributed by atoms with Crippen LogP contribution in [0.2, 0.25) is 0 Å². The summed E-state index contributed by atoms with van der Waals surface area (Å²) < 4.78 is 0. The van der Waals surface area contributed by atoms with Gasteiger partial charge in [-0.05, 0) is 12.8 Å². The fourth-order valence-corrected chi connectivity index (χ4v) is 0.912. The highest BCUT2D eigenvalue weighted by Gasteiger charge is 2.01. The SMILES string of the molecule is CCCCC(CC)N[C]=O. The highest BCUT2D eigenvalue weighted by Crippen LogP contribution is 2.02. The third-order valence-corrected chi connectivity index (χ3v) is 1.66. The molecule has 0 bridgehead atoms. The molecule has 0 heterocycles. The van der Waals surface area contributed by atoms with Gasteiger partial charge in [-0.3, -0.25) is 4.79 Å². The van der Waals surface area contributed by atoms with Crippen LogP contribution in [0.4, 0.5) is 0 Å². The van der Waals surface area contributed by atoms with E-state index >= 15 is 0 Å². The van der Waals surface area contributed by atoms with E-state index in [0.29, 0.717) is 6.04 Å². The molecule has 1 N–H and O–H groups in total. The van der Waals surface area contributed by atoms with Crippen LogP contribution >= 0.6 is 0 Å². The molecule has 0 aliphatic rings. The summed E-state index contributed by atoms with van der Waals surface area (Å²) in [7, 11) is 0. The predicted octanol–water partition coefficient (Wildman–Crippen LogP) is 1.61. The van der Waals surface area contributed by atoms with Gasteiger partial charge < -0.3 is 5.32 Å². The first-order chi connectivity index (χ1) is 4.85. The zero-order chi connectivity index (χ0) is 7.82. The first-order valence-corrected chi connectivity index (χ1v) is 3.97. The van der Waals surface area contributed by atoms with Gasteiger partial charge in [0.1, 0.15) is 0 Å². The van der Waals surface area contributed by atoms with Crippen molar-refractivity contribution in [3.8, 4) is 0 Å². The second kappa shape index (κ2) is 6.59. The Morgan fingerprint density at radius 3 is 2.60 bits per heavy atom. The van der Waals surface area contributed by atoms with Gasteiger partial charge in [0, 0.05) is 6.04 Å². The fourth-order valence-electron chi connectivity index (χ4n) is 0.912. The lowest BCUT2D eigenvalue weighted by Gasteiger charge is -2.11. The standard InChI is InChI=1S/C8H16NO/c1-3-5-6-8(4-2)9-7-10/h8H,3-6H2,1-2H3,(H,9,10). The summed E-state index contributed by atoms with van der Waals surface area (Å²) in [4.78, 5) is 9.90. The minimum atomic E-state index is 0.345. The average molecular weight is 142 g/mol. The van der Waals surface area contributed by atoms with E-state index in [0.717, 1.165) is 12.8 Å². The predicted molar refractivity (Wildman–Crippen MR) is 42.4 cm³/mol. The molecule has 0 aliphatic heterocycles. The second-order valence-corrected chi connectivity index (χ2v) is 2.49. The van der Waals surface area contributed by atoms with Gasteiger partial charge in [-0.2, -0.15) is 0 Å². The van der Waals surface area contributed by atoms with Crippen molar-refractivity contribution in [3.63, 3.8) is 0 Å². The summed E-state index contributed by atoms with van der Waals surface area (Å²) in [6.45, 7) is 4.22. The molecule has 1 radical (unpaired) electrons. The Kier molecular flexibility index (Phi) is 6.24. The van der Waals surface area contributed by atoms with Crippen LogP contribution in [0.1, 0.15) is 39.5 Å². The average Bonchev–Trinajstić information content (AvgIpc) is 1.98. The molecule has 0 saturated carbocycles. The highest BCUT2D eigenvalue weighted by molar-refractivity contribution is 5.47. The van der Waals surface area contributed by atoms with Crippen LogP contribution in [0.25, 0.3) is 0 Å². The van der Waals surface area contributed by atoms with Crippen molar-refractivity contribution in [1.82, 2.24) is 5.32 Å². The molecule has 0 aliphatic carbocycles. The van der Waals surface area contributed by atoms with Crippen LogP contribution in [-0.4, -0.2) is 12.5 Å². The molecule has 1 unspecified atom stereocenters. The Morgan fingerprint density at radius 1 is 1.50 bits per heavy atom. The zero-order valence-corrected chi connectivity index (χ0v) is 6.81. The lowest BCUT2D eigenvalue weighted by Crippen LogP contribution is -2.26. The maximum atomic E-state index is 9.90. The van der Waals surface area contributed by atoms with Gasteiger partial charge in [-0.1, -0.05) is 26.7 Å². The van der Waals surface area contributed by atoms with Crippen LogP contribution < -0.4 is 5.32 Å². The zero-order valence-electron chi connectivity index (χ0n) is 6.81. The second-order valence-electron chi connectivity index (χ2n) is 2.49. The van der Waals surface area contributed by atoms with E-state index in [-0.39, 0.29) is 0 Å². The number of rotatable bonds is 6. The topological polar surface area (TPSA) is 29.1 Å². The molecule has 1 atom stereocenters. The minimum absolute atomic E-state index is 0.345. The third kappa shape index (κ3) is 4.36. The molecule has 1 amide bonds. The van der Waals surface area contributed by atoms with E-state index in [9.17, 15) is 4.79 Å². The number of amides is 1. The summed E-state index contributed by atoms with van der Waals surface area (Å²) >= 11 is 0. The lowest BCUT2D eigenvalue weighted by atomic mass is 10.1. The lowest BCUT2D eigenvalue weighted by molar-refractivity contribution is 0.481. The normalized spacial score (nSPS) is 12.6. The molecular weight excluding hydrogens is 126 g/mol. The molecule has 0 spiro atoms. The van der Waals surface area contributed by atoms with Gasteiger partial charge in [0.15, 0.2) is 0 Å². The quantitative estimate of drug-likeness (QED) is 0.561. The Hall–Kier alpha value is -0.530. The maximum absolute atomic E-state index is 9.90. The van der Waals surface area contributed by atoms with E-state index in [1.807, 2.05) is 0 Å². The summed E-state index contributed by atoms with van der Waals surface area (Å²) in [6.07, 6.45) is 6.20. The van der Waals surface area contributed by atoms with Crippen molar-refractivity contribution in [1.29, 1.82) is 0 Å². The minimum Gasteiger partial charge on any atom is -0.345 e. The number of nitrogens with one attached hydrogen (secondary N) is 1. The number of hydrogen-bond acceptors (Lipinski definition) is 1. The highest BCUT2D eigenvalue weighted by atomic mass is 16.1.